The Bertz CT molecular complexity index is 1270. The van der Waals surface area contributed by atoms with Gasteiger partial charge in [-0.2, -0.15) is 5.26 Å². The monoisotopic (exact) mass is 380 g/mol. The number of nitrogen functional groups attached to an aromatic ring is 1. The van der Waals surface area contributed by atoms with E-state index < -0.39 is 0 Å². The molecule has 0 saturated carbocycles. The van der Waals surface area contributed by atoms with Gasteiger partial charge in [-0.25, -0.2) is 15.0 Å². The summed E-state index contributed by atoms with van der Waals surface area (Å²) in [7, 11) is 0. The van der Waals surface area contributed by atoms with Crippen LogP contribution < -0.4 is 11.3 Å². The van der Waals surface area contributed by atoms with E-state index in [4.69, 9.17) is 11.0 Å². The molecular weight excluding hydrogens is 364 g/mol. The minimum atomic E-state index is -0.209. The predicted octanol–water partition coefficient (Wildman–Crippen LogP) is 2.87. The van der Waals surface area contributed by atoms with Gasteiger partial charge in [0.2, 0.25) is 0 Å². The lowest BCUT2D eigenvalue weighted by Crippen LogP contribution is -2.20. The van der Waals surface area contributed by atoms with Gasteiger partial charge in [0.15, 0.2) is 5.82 Å². The minimum Gasteiger partial charge on any atom is -0.396 e. The van der Waals surface area contributed by atoms with Crippen LogP contribution in [0.15, 0.2) is 78.1 Å². The average molecular weight is 380 g/mol. The maximum absolute atomic E-state index is 12.3. The predicted molar refractivity (Wildman–Crippen MR) is 110 cm³/mol. The number of nitriles is 1. The van der Waals surface area contributed by atoms with Crippen LogP contribution in [0.1, 0.15) is 11.1 Å². The van der Waals surface area contributed by atoms with Gasteiger partial charge in [-0.05, 0) is 23.8 Å². The van der Waals surface area contributed by atoms with E-state index in [0.717, 1.165) is 16.7 Å². The molecule has 2 heterocycles. The fourth-order valence-electron chi connectivity index (χ4n) is 2.96. The number of aromatic nitrogens is 4. The van der Waals surface area contributed by atoms with Crippen molar-refractivity contribution in [3.05, 3.63) is 94.8 Å². The summed E-state index contributed by atoms with van der Waals surface area (Å²) in [4.78, 5) is 25.0. The molecule has 0 unspecified atom stereocenters. The SMILES string of the molecule is N#Cc1cccc(-c2cn(Cc3cccc(-c4ncc(N)cn4)c3)c(=O)cn2)c1. The average Bonchev–Trinajstić information content (AvgIpc) is 2.76. The van der Waals surface area contributed by atoms with E-state index in [1.807, 2.05) is 30.3 Å². The third-order valence-corrected chi connectivity index (χ3v) is 4.37. The summed E-state index contributed by atoms with van der Waals surface area (Å²) in [6.45, 7) is 0.370. The van der Waals surface area contributed by atoms with Gasteiger partial charge in [0.05, 0.1) is 48.1 Å². The molecule has 0 fully saturated rings. The lowest BCUT2D eigenvalue weighted by atomic mass is 10.1. The minimum absolute atomic E-state index is 0.209. The smallest absolute Gasteiger partial charge is 0.269 e. The van der Waals surface area contributed by atoms with Crippen LogP contribution in [0, 0.1) is 11.3 Å². The molecule has 0 aliphatic heterocycles. The van der Waals surface area contributed by atoms with Gasteiger partial charge in [0.25, 0.3) is 5.56 Å². The molecule has 29 heavy (non-hydrogen) atoms. The number of benzene rings is 2. The van der Waals surface area contributed by atoms with Crippen LogP contribution in [-0.4, -0.2) is 19.5 Å². The molecule has 0 amide bonds. The molecule has 0 aliphatic rings. The Morgan fingerprint density at radius 2 is 1.72 bits per heavy atom. The van der Waals surface area contributed by atoms with Crippen molar-refractivity contribution in [2.75, 3.05) is 5.73 Å². The molecular formula is C22H16N6O. The van der Waals surface area contributed by atoms with Gasteiger partial charge in [0, 0.05) is 17.3 Å². The van der Waals surface area contributed by atoms with Crippen LogP contribution in [0.25, 0.3) is 22.6 Å². The fraction of sp³-hybridized carbons (Fsp3) is 0.0455. The van der Waals surface area contributed by atoms with E-state index in [1.165, 1.54) is 6.20 Å². The van der Waals surface area contributed by atoms with Crippen molar-refractivity contribution in [2.45, 2.75) is 6.54 Å². The van der Waals surface area contributed by atoms with Crippen molar-refractivity contribution in [1.29, 1.82) is 5.26 Å². The third kappa shape index (κ3) is 4.01. The van der Waals surface area contributed by atoms with Crippen molar-refractivity contribution in [2.24, 2.45) is 0 Å². The van der Waals surface area contributed by atoms with Crippen LogP contribution >= 0.6 is 0 Å². The molecule has 0 spiro atoms. The summed E-state index contributed by atoms with van der Waals surface area (Å²) in [6, 6.07) is 16.9. The zero-order valence-electron chi connectivity index (χ0n) is 15.4. The Hall–Kier alpha value is -4.31. The quantitative estimate of drug-likeness (QED) is 0.583. The molecule has 7 nitrogen and oxygen atoms in total. The molecule has 0 radical (unpaired) electrons. The zero-order valence-corrected chi connectivity index (χ0v) is 15.4. The van der Waals surface area contributed by atoms with Crippen molar-refractivity contribution < 1.29 is 0 Å². The van der Waals surface area contributed by atoms with Gasteiger partial charge in [-0.1, -0.05) is 30.3 Å². The second-order valence-electron chi connectivity index (χ2n) is 6.47. The van der Waals surface area contributed by atoms with E-state index >= 15 is 0 Å². The molecule has 140 valence electrons. The number of hydrogen-bond donors (Lipinski definition) is 1. The largest absolute Gasteiger partial charge is 0.396 e. The maximum Gasteiger partial charge on any atom is 0.269 e. The lowest BCUT2D eigenvalue weighted by Gasteiger charge is -2.09. The van der Waals surface area contributed by atoms with E-state index in [1.54, 1.807) is 41.4 Å². The van der Waals surface area contributed by atoms with Crippen LogP contribution in [0.3, 0.4) is 0 Å². The first kappa shape index (κ1) is 18.1. The number of rotatable bonds is 4. The van der Waals surface area contributed by atoms with Gasteiger partial charge in [-0.3, -0.25) is 4.79 Å². The Labute approximate surface area is 166 Å². The van der Waals surface area contributed by atoms with Crippen LogP contribution in [-0.2, 0) is 6.54 Å². The van der Waals surface area contributed by atoms with Crippen molar-refractivity contribution >= 4 is 5.69 Å². The number of nitrogens with two attached hydrogens (primary N) is 1. The second-order valence-corrected chi connectivity index (χ2v) is 6.47. The highest BCUT2D eigenvalue weighted by molar-refractivity contribution is 5.60. The first-order valence-corrected chi connectivity index (χ1v) is 8.86. The van der Waals surface area contributed by atoms with E-state index in [2.05, 4.69) is 21.0 Å². The molecule has 4 aromatic rings. The van der Waals surface area contributed by atoms with Crippen molar-refractivity contribution in [1.82, 2.24) is 19.5 Å². The molecule has 0 atom stereocenters. The first-order chi connectivity index (χ1) is 14.1. The summed E-state index contributed by atoms with van der Waals surface area (Å²) in [6.07, 6.45) is 6.11. The van der Waals surface area contributed by atoms with Crippen molar-refractivity contribution in [3.8, 4) is 28.7 Å². The van der Waals surface area contributed by atoms with Gasteiger partial charge >= 0.3 is 0 Å². The third-order valence-electron chi connectivity index (χ3n) is 4.37. The Kier molecular flexibility index (Phi) is 4.82. The molecule has 2 aromatic carbocycles. The molecule has 0 saturated heterocycles. The van der Waals surface area contributed by atoms with Gasteiger partial charge < -0.3 is 10.3 Å². The summed E-state index contributed by atoms with van der Waals surface area (Å²) in [5.74, 6) is 0.567. The Morgan fingerprint density at radius 1 is 0.966 bits per heavy atom. The first-order valence-electron chi connectivity index (χ1n) is 8.86. The fourth-order valence-corrected chi connectivity index (χ4v) is 2.96. The number of nitrogens with zero attached hydrogens (tertiary/aromatic N) is 5. The topological polar surface area (TPSA) is 110 Å². The molecule has 2 aromatic heterocycles. The molecule has 0 bridgehead atoms. The molecule has 4 rings (SSSR count). The normalized spacial score (nSPS) is 10.4. The van der Waals surface area contributed by atoms with Crippen LogP contribution in [0.5, 0.6) is 0 Å². The lowest BCUT2D eigenvalue weighted by molar-refractivity contribution is 0.750. The summed E-state index contributed by atoms with van der Waals surface area (Å²) in [5.41, 5.74) is 9.65. The standard InChI is InChI=1S/C22H16N6O/c23-9-15-3-1-5-17(7-15)20-14-28(21(29)12-25-20)13-16-4-2-6-18(8-16)22-26-10-19(24)11-27-22/h1-8,10-12,14H,13,24H2. The second kappa shape index (κ2) is 7.74. The van der Waals surface area contributed by atoms with E-state index in [9.17, 15) is 4.79 Å². The Morgan fingerprint density at radius 3 is 2.52 bits per heavy atom. The van der Waals surface area contributed by atoms with Gasteiger partial charge in [-0.15, -0.1) is 0 Å². The molecule has 0 aliphatic carbocycles. The highest BCUT2D eigenvalue weighted by atomic mass is 16.1. The summed E-state index contributed by atoms with van der Waals surface area (Å²) >= 11 is 0. The summed E-state index contributed by atoms with van der Waals surface area (Å²) < 4.78 is 1.59. The van der Waals surface area contributed by atoms with Gasteiger partial charge in [0.1, 0.15) is 0 Å². The number of anilines is 1. The summed E-state index contributed by atoms with van der Waals surface area (Å²) in [5, 5.41) is 9.09. The van der Waals surface area contributed by atoms with E-state index in [0.29, 0.717) is 29.3 Å². The molecule has 2 N–H and O–H groups in total. The Balaban J connectivity index is 1.66. The number of hydrogen-bond acceptors (Lipinski definition) is 6. The molecule has 7 heteroatoms. The maximum atomic E-state index is 12.3. The highest BCUT2D eigenvalue weighted by Crippen LogP contribution is 2.19. The van der Waals surface area contributed by atoms with E-state index in [-0.39, 0.29) is 5.56 Å². The highest BCUT2D eigenvalue weighted by Gasteiger charge is 2.07. The van der Waals surface area contributed by atoms with Crippen LogP contribution in [0.2, 0.25) is 0 Å². The van der Waals surface area contributed by atoms with Crippen LogP contribution in [0.4, 0.5) is 5.69 Å². The zero-order chi connectivity index (χ0) is 20.2. The van der Waals surface area contributed by atoms with Crippen molar-refractivity contribution in [3.63, 3.8) is 0 Å².